The number of rotatable bonds is 31. The van der Waals surface area contributed by atoms with E-state index >= 15 is 0 Å². The van der Waals surface area contributed by atoms with Crippen molar-refractivity contribution in [2.24, 2.45) is 0 Å². The maximum atomic E-state index is 11.2. The summed E-state index contributed by atoms with van der Waals surface area (Å²) in [5.41, 5.74) is 0. The van der Waals surface area contributed by atoms with Gasteiger partial charge >= 0.3 is 5.97 Å². The van der Waals surface area contributed by atoms with Crippen molar-refractivity contribution in [3.05, 3.63) is 0 Å². The van der Waals surface area contributed by atoms with Crippen LogP contribution in [0.25, 0.3) is 0 Å². The van der Waals surface area contributed by atoms with Crippen molar-refractivity contribution in [2.75, 3.05) is 72.7 Å². The van der Waals surface area contributed by atoms with E-state index in [9.17, 15) is 19.8 Å². The van der Waals surface area contributed by atoms with Crippen LogP contribution in [0.5, 0.6) is 0 Å². The summed E-state index contributed by atoms with van der Waals surface area (Å²) < 4.78 is 31.8. The summed E-state index contributed by atoms with van der Waals surface area (Å²) in [7, 11) is 0. The Bertz CT molecular complexity index is 518. The lowest BCUT2D eigenvalue weighted by Gasteiger charge is -2.11. The van der Waals surface area contributed by atoms with Gasteiger partial charge in [0.2, 0.25) is 0 Å². The molecule has 0 saturated heterocycles. The molecule has 0 aliphatic heterocycles. The summed E-state index contributed by atoms with van der Waals surface area (Å²) >= 11 is 0. The maximum absolute atomic E-state index is 11.2. The SMILES string of the molecule is CCCCCCCCCCCCC(O)COCCOCCOCCOCCOCCOC(=O)CCC(=O)[O-]. The largest absolute Gasteiger partial charge is 0.550 e. The van der Waals surface area contributed by atoms with Gasteiger partial charge in [0, 0.05) is 5.97 Å². The average Bonchev–Trinajstić information content (AvgIpc) is 2.90. The van der Waals surface area contributed by atoms with E-state index in [2.05, 4.69) is 6.92 Å². The number of hydrogen-bond donors (Lipinski definition) is 1. The third-order valence-electron chi connectivity index (χ3n) is 5.71. The minimum Gasteiger partial charge on any atom is -0.550 e. The fourth-order valence-corrected chi connectivity index (χ4v) is 3.54. The molecule has 0 aromatic carbocycles. The Morgan fingerprint density at radius 3 is 1.50 bits per heavy atom. The van der Waals surface area contributed by atoms with E-state index in [0.717, 1.165) is 12.8 Å². The number of carbonyl (C=O) groups excluding carboxylic acids is 2. The van der Waals surface area contributed by atoms with E-state index in [0.29, 0.717) is 59.5 Å². The fraction of sp³-hybridized carbons (Fsp3) is 0.929. The zero-order valence-electron chi connectivity index (χ0n) is 23.7. The van der Waals surface area contributed by atoms with E-state index in [1.165, 1.54) is 57.8 Å². The van der Waals surface area contributed by atoms with Crippen LogP contribution >= 0.6 is 0 Å². The van der Waals surface area contributed by atoms with Gasteiger partial charge in [0.25, 0.3) is 0 Å². The minimum atomic E-state index is -1.28. The molecular formula is C28H53O10-. The van der Waals surface area contributed by atoms with Crippen LogP contribution in [-0.2, 0) is 38.0 Å². The van der Waals surface area contributed by atoms with Crippen LogP contribution in [0.2, 0.25) is 0 Å². The van der Waals surface area contributed by atoms with Gasteiger partial charge in [-0.1, -0.05) is 71.1 Å². The Balaban J connectivity index is 3.18. The number of carboxylic acid groups (broad SMARTS) is 1. The van der Waals surface area contributed by atoms with Gasteiger partial charge in [-0.25, -0.2) is 0 Å². The molecule has 226 valence electrons. The van der Waals surface area contributed by atoms with E-state index in [1.807, 2.05) is 0 Å². The molecule has 10 nitrogen and oxygen atoms in total. The number of esters is 1. The smallest absolute Gasteiger partial charge is 0.306 e. The summed E-state index contributed by atoms with van der Waals surface area (Å²) in [5.74, 6) is -1.87. The Hall–Kier alpha value is -1.30. The summed E-state index contributed by atoms with van der Waals surface area (Å²) in [4.78, 5) is 21.4. The molecule has 0 bridgehead atoms. The summed E-state index contributed by atoms with van der Waals surface area (Å²) in [5, 5.41) is 20.2. The lowest BCUT2D eigenvalue weighted by atomic mass is 10.0. The van der Waals surface area contributed by atoms with Gasteiger partial charge in [-0.05, 0) is 12.8 Å². The first kappa shape index (κ1) is 36.7. The van der Waals surface area contributed by atoms with Crippen molar-refractivity contribution < 1.29 is 48.2 Å². The van der Waals surface area contributed by atoms with Gasteiger partial charge in [0.15, 0.2) is 0 Å². The van der Waals surface area contributed by atoms with Crippen LogP contribution in [0.4, 0.5) is 0 Å². The molecule has 0 rings (SSSR count). The number of aliphatic hydroxyl groups is 1. The molecule has 0 aliphatic rings. The molecule has 1 atom stereocenters. The van der Waals surface area contributed by atoms with Crippen molar-refractivity contribution in [3.8, 4) is 0 Å². The molecular weight excluding hydrogens is 496 g/mol. The van der Waals surface area contributed by atoms with Gasteiger partial charge in [0.05, 0.1) is 78.6 Å². The van der Waals surface area contributed by atoms with Crippen molar-refractivity contribution >= 4 is 11.9 Å². The highest BCUT2D eigenvalue weighted by atomic mass is 16.6. The highest BCUT2D eigenvalue weighted by molar-refractivity contribution is 5.75. The lowest BCUT2D eigenvalue weighted by Crippen LogP contribution is -2.23. The number of aliphatic carboxylic acids is 1. The third kappa shape index (κ3) is 30.9. The lowest BCUT2D eigenvalue weighted by molar-refractivity contribution is -0.305. The standard InChI is InChI=1S/C28H54O10/c1-2-3-4-5-6-7-8-9-10-11-12-26(29)25-37-22-21-35-18-17-33-15-16-34-19-20-36-23-24-38-28(32)14-13-27(30)31/h26,29H,2-25H2,1H3,(H,30,31)/p-1. The molecule has 0 radical (unpaired) electrons. The Kier molecular flexibility index (Phi) is 29.2. The number of carbonyl (C=O) groups is 2. The third-order valence-corrected chi connectivity index (χ3v) is 5.71. The molecule has 1 N–H and O–H groups in total. The molecule has 1 unspecified atom stereocenters. The summed E-state index contributed by atoms with van der Waals surface area (Å²) in [6.45, 7) is 6.37. The van der Waals surface area contributed by atoms with Gasteiger partial charge in [0.1, 0.15) is 6.61 Å². The fourth-order valence-electron chi connectivity index (χ4n) is 3.54. The predicted molar refractivity (Wildman–Crippen MR) is 142 cm³/mol. The van der Waals surface area contributed by atoms with Gasteiger partial charge in [-0.3, -0.25) is 4.79 Å². The normalized spacial score (nSPS) is 12.1. The number of hydrogen-bond acceptors (Lipinski definition) is 10. The Morgan fingerprint density at radius 2 is 1.03 bits per heavy atom. The average molecular weight is 550 g/mol. The van der Waals surface area contributed by atoms with Crippen LogP contribution in [0.1, 0.15) is 90.4 Å². The first-order valence-electron chi connectivity index (χ1n) is 14.5. The monoisotopic (exact) mass is 549 g/mol. The molecule has 38 heavy (non-hydrogen) atoms. The second-order valence-electron chi connectivity index (χ2n) is 9.24. The first-order valence-corrected chi connectivity index (χ1v) is 14.5. The second kappa shape index (κ2) is 30.2. The number of ether oxygens (including phenoxy) is 6. The van der Waals surface area contributed by atoms with Crippen molar-refractivity contribution in [1.29, 1.82) is 0 Å². The zero-order chi connectivity index (χ0) is 27.9. The topological polar surface area (TPSA) is 133 Å². The number of unbranched alkanes of at least 4 members (excludes halogenated alkanes) is 9. The van der Waals surface area contributed by atoms with Crippen LogP contribution in [0.3, 0.4) is 0 Å². The Labute approximate surface area is 229 Å². The van der Waals surface area contributed by atoms with E-state index < -0.39 is 18.0 Å². The maximum Gasteiger partial charge on any atom is 0.306 e. The van der Waals surface area contributed by atoms with E-state index in [1.54, 1.807) is 0 Å². The molecule has 10 heteroatoms. The van der Waals surface area contributed by atoms with E-state index in [4.69, 9.17) is 28.4 Å². The first-order chi connectivity index (χ1) is 18.6. The van der Waals surface area contributed by atoms with Gasteiger partial charge in [-0.2, -0.15) is 0 Å². The van der Waals surface area contributed by atoms with Crippen LogP contribution in [0, 0.1) is 0 Å². The molecule has 0 aromatic rings. The number of carboxylic acids is 1. The van der Waals surface area contributed by atoms with Crippen LogP contribution < -0.4 is 5.11 Å². The highest BCUT2D eigenvalue weighted by Crippen LogP contribution is 2.12. The Morgan fingerprint density at radius 1 is 0.605 bits per heavy atom. The molecule has 0 saturated carbocycles. The zero-order valence-corrected chi connectivity index (χ0v) is 23.7. The molecule has 0 aromatic heterocycles. The molecule has 0 fully saturated rings. The molecule has 0 spiro atoms. The van der Waals surface area contributed by atoms with Gasteiger partial charge < -0.3 is 43.4 Å². The predicted octanol–water partition coefficient (Wildman–Crippen LogP) is 2.81. The second-order valence-corrected chi connectivity index (χ2v) is 9.24. The van der Waals surface area contributed by atoms with Crippen molar-refractivity contribution in [2.45, 2.75) is 96.5 Å². The molecule has 0 amide bonds. The summed E-state index contributed by atoms with van der Waals surface area (Å²) in [6, 6.07) is 0. The van der Waals surface area contributed by atoms with Gasteiger partial charge in [-0.15, -0.1) is 0 Å². The highest BCUT2D eigenvalue weighted by Gasteiger charge is 2.04. The number of aliphatic hydroxyl groups excluding tert-OH is 1. The van der Waals surface area contributed by atoms with E-state index in [-0.39, 0.29) is 26.1 Å². The van der Waals surface area contributed by atoms with Crippen molar-refractivity contribution in [1.82, 2.24) is 0 Å². The van der Waals surface area contributed by atoms with Crippen LogP contribution in [-0.4, -0.2) is 95.8 Å². The van der Waals surface area contributed by atoms with Crippen molar-refractivity contribution in [3.63, 3.8) is 0 Å². The minimum absolute atomic E-state index is 0.0695. The molecule has 0 heterocycles. The molecule has 0 aliphatic carbocycles. The van der Waals surface area contributed by atoms with Crippen LogP contribution in [0.15, 0.2) is 0 Å². The quantitative estimate of drug-likeness (QED) is 0.102. The summed E-state index contributed by atoms with van der Waals surface area (Å²) in [6.07, 6.45) is 12.8.